The molecule has 1 aliphatic rings. The Balaban J connectivity index is 1.53. The van der Waals surface area contributed by atoms with Crippen molar-refractivity contribution in [3.05, 3.63) is 77.9 Å². The molecule has 2 amide bonds. The highest BCUT2D eigenvalue weighted by molar-refractivity contribution is 5.97. The lowest BCUT2D eigenvalue weighted by molar-refractivity contribution is 0.0760. The Hall–Kier alpha value is -3.68. The molecule has 1 aromatic heterocycles. The summed E-state index contributed by atoms with van der Waals surface area (Å²) < 4.78 is 14.6. The van der Waals surface area contributed by atoms with Gasteiger partial charge in [-0.15, -0.1) is 0 Å². The molecule has 0 radical (unpaired) electrons. The molecule has 1 saturated heterocycles. The van der Waals surface area contributed by atoms with Crippen molar-refractivity contribution in [2.75, 3.05) is 31.1 Å². The maximum Gasteiger partial charge on any atom is 0.274 e. The number of para-hydroxylation sites is 1. The smallest absolute Gasteiger partial charge is 0.274 e. The van der Waals surface area contributed by atoms with Crippen molar-refractivity contribution < 1.29 is 14.0 Å². The number of primary amides is 1. The number of carbonyl (C=O) groups is 2. The minimum Gasteiger partial charge on any atom is -0.370 e. The highest BCUT2D eigenvalue weighted by atomic mass is 19.1. The van der Waals surface area contributed by atoms with Gasteiger partial charge in [-0.3, -0.25) is 9.59 Å². The zero-order valence-corrected chi connectivity index (χ0v) is 16.4. The molecular weight excluding hydrogens is 385 g/mol. The zero-order chi connectivity index (χ0) is 21.1. The number of rotatable bonds is 4. The van der Waals surface area contributed by atoms with Crippen LogP contribution in [0.15, 0.2) is 60.7 Å². The average Bonchev–Trinajstić information content (AvgIpc) is 3.07. The van der Waals surface area contributed by atoms with E-state index in [0.29, 0.717) is 25.3 Å². The highest BCUT2D eigenvalue weighted by Gasteiger charge is 2.25. The van der Waals surface area contributed by atoms with Crippen molar-refractivity contribution >= 4 is 17.5 Å². The second-order valence-electron chi connectivity index (χ2n) is 7.14. The van der Waals surface area contributed by atoms with Gasteiger partial charge in [-0.2, -0.15) is 5.10 Å². The van der Waals surface area contributed by atoms with Gasteiger partial charge >= 0.3 is 0 Å². The van der Waals surface area contributed by atoms with Gasteiger partial charge < -0.3 is 15.5 Å². The summed E-state index contributed by atoms with van der Waals surface area (Å²) in [4.78, 5) is 28.8. The Morgan fingerprint density at radius 1 is 0.900 bits per heavy atom. The molecule has 1 fully saturated rings. The first kappa shape index (κ1) is 19.6. The van der Waals surface area contributed by atoms with Crippen LogP contribution in [0.5, 0.6) is 0 Å². The maximum atomic E-state index is 13.2. The Morgan fingerprint density at radius 2 is 1.63 bits per heavy atom. The van der Waals surface area contributed by atoms with Gasteiger partial charge in [-0.25, -0.2) is 9.07 Å². The molecule has 3 aromatic rings. The number of hydrogen-bond donors (Lipinski definition) is 1. The van der Waals surface area contributed by atoms with Crippen LogP contribution in [-0.2, 0) is 0 Å². The molecule has 30 heavy (non-hydrogen) atoms. The molecule has 7 nitrogen and oxygen atoms in total. The predicted octanol–water partition coefficient (Wildman–Crippen LogP) is 2.46. The van der Waals surface area contributed by atoms with E-state index in [4.69, 9.17) is 5.73 Å². The van der Waals surface area contributed by atoms with Crippen molar-refractivity contribution in [1.29, 1.82) is 0 Å². The quantitative estimate of drug-likeness (QED) is 0.720. The van der Waals surface area contributed by atoms with Crippen molar-refractivity contribution in [1.82, 2.24) is 14.7 Å². The summed E-state index contributed by atoms with van der Waals surface area (Å²) in [6, 6.07) is 16.9. The van der Waals surface area contributed by atoms with Gasteiger partial charge in [-0.05, 0) is 42.8 Å². The number of aromatic nitrogens is 2. The van der Waals surface area contributed by atoms with Crippen LogP contribution in [0.3, 0.4) is 0 Å². The van der Waals surface area contributed by atoms with Gasteiger partial charge in [0.15, 0.2) is 5.69 Å². The van der Waals surface area contributed by atoms with Crippen LogP contribution >= 0.6 is 0 Å². The first-order chi connectivity index (χ1) is 14.5. The molecule has 2 N–H and O–H groups in total. The second-order valence-corrected chi connectivity index (χ2v) is 7.14. The zero-order valence-electron chi connectivity index (χ0n) is 16.4. The first-order valence-corrected chi connectivity index (χ1v) is 9.78. The fourth-order valence-corrected chi connectivity index (χ4v) is 3.62. The molecule has 0 aliphatic carbocycles. The monoisotopic (exact) mass is 407 g/mol. The minimum atomic E-state index is -0.649. The first-order valence-electron chi connectivity index (χ1n) is 9.78. The molecule has 2 heterocycles. The Bertz CT molecular complexity index is 1050. The van der Waals surface area contributed by atoms with Gasteiger partial charge in [0.1, 0.15) is 11.5 Å². The molecule has 0 unspecified atom stereocenters. The molecule has 0 spiro atoms. The molecule has 0 atom stereocenters. The Kier molecular flexibility index (Phi) is 5.47. The number of hydrogen-bond acceptors (Lipinski definition) is 4. The summed E-state index contributed by atoms with van der Waals surface area (Å²) in [5, 5.41) is 4.36. The molecule has 0 saturated carbocycles. The number of anilines is 1. The molecular formula is C22H22FN5O2. The van der Waals surface area contributed by atoms with Crippen LogP contribution in [-0.4, -0.2) is 52.7 Å². The van der Waals surface area contributed by atoms with Crippen LogP contribution in [0.4, 0.5) is 10.1 Å². The largest absolute Gasteiger partial charge is 0.370 e. The van der Waals surface area contributed by atoms with Gasteiger partial charge in [0.25, 0.3) is 11.8 Å². The SMILES string of the molecule is NC(=O)c1cc(C(=O)N2CCCN(c3ccc(F)cc3)CC2)nn1-c1ccccc1. The normalized spacial score (nSPS) is 14.4. The van der Waals surface area contributed by atoms with Crippen molar-refractivity contribution in [3.8, 4) is 5.69 Å². The lowest BCUT2D eigenvalue weighted by Gasteiger charge is -2.23. The van der Waals surface area contributed by atoms with E-state index in [-0.39, 0.29) is 23.1 Å². The van der Waals surface area contributed by atoms with Crippen LogP contribution in [0.2, 0.25) is 0 Å². The van der Waals surface area contributed by atoms with Crippen LogP contribution in [0.1, 0.15) is 27.4 Å². The number of amides is 2. The number of nitrogens with zero attached hydrogens (tertiary/aromatic N) is 4. The third-order valence-electron chi connectivity index (χ3n) is 5.16. The van der Waals surface area contributed by atoms with Crippen molar-refractivity contribution in [2.45, 2.75) is 6.42 Å². The highest BCUT2D eigenvalue weighted by Crippen LogP contribution is 2.19. The molecule has 4 rings (SSSR count). The second kappa shape index (κ2) is 8.36. The lowest BCUT2D eigenvalue weighted by atomic mass is 10.2. The molecule has 1 aliphatic heterocycles. The van der Waals surface area contributed by atoms with Gasteiger partial charge in [0.2, 0.25) is 0 Å². The molecule has 2 aromatic carbocycles. The van der Waals surface area contributed by atoms with Crippen molar-refractivity contribution in [3.63, 3.8) is 0 Å². The van der Waals surface area contributed by atoms with E-state index < -0.39 is 5.91 Å². The maximum absolute atomic E-state index is 13.2. The topological polar surface area (TPSA) is 84.5 Å². The summed E-state index contributed by atoms with van der Waals surface area (Å²) in [5.74, 6) is -1.17. The summed E-state index contributed by atoms with van der Waals surface area (Å²) in [6.45, 7) is 2.46. The lowest BCUT2D eigenvalue weighted by Crippen LogP contribution is -2.35. The van der Waals surface area contributed by atoms with Crippen LogP contribution < -0.4 is 10.6 Å². The summed E-state index contributed by atoms with van der Waals surface area (Å²) in [6.07, 6.45) is 0.769. The van der Waals surface area contributed by atoms with E-state index in [1.807, 2.05) is 18.2 Å². The average molecular weight is 407 g/mol. The number of carbonyl (C=O) groups excluding carboxylic acids is 2. The summed E-state index contributed by atoms with van der Waals surface area (Å²) >= 11 is 0. The number of nitrogens with two attached hydrogens (primary N) is 1. The predicted molar refractivity (Wildman–Crippen MR) is 111 cm³/mol. The number of benzene rings is 2. The Morgan fingerprint density at radius 3 is 2.33 bits per heavy atom. The third kappa shape index (κ3) is 4.03. The van der Waals surface area contributed by atoms with Gasteiger partial charge in [-0.1, -0.05) is 18.2 Å². The fourth-order valence-electron chi connectivity index (χ4n) is 3.62. The summed E-state index contributed by atoms with van der Waals surface area (Å²) in [5.41, 5.74) is 7.43. The molecule has 0 bridgehead atoms. The van der Waals surface area contributed by atoms with E-state index in [2.05, 4.69) is 10.00 Å². The molecule has 154 valence electrons. The Labute approximate surface area is 173 Å². The van der Waals surface area contributed by atoms with E-state index in [0.717, 1.165) is 18.7 Å². The van der Waals surface area contributed by atoms with E-state index in [9.17, 15) is 14.0 Å². The number of halogens is 1. The summed E-state index contributed by atoms with van der Waals surface area (Å²) in [7, 11) is 0. The van der Waals surface area contributed by atoms with Crippen LogP contribution in [0, 0.1) is 5.82 Å². The minimum absolute atomic E-state index is 0.160. The van der Waals surface area contributed by atoms with Gasteiger partial charge in [0.05, 0.1) is 5.69 Å². The van der Waals surface area contributed by atoms with Crippen LogP contribution in [0.25, 0.3) is 5.69 Å². The molecule has 8 heteroatoms. The van der Waals surface area contributed by atoms with E-state index in [1.54, 1.807) is 29.2 Å². The fraction of sp³-hybridized carbons (Fsp3) is 0.227. The third-order valence-corrected chi connectivity index (χ3v) is 5.16. The van der Waals surface area contributed by atoms with E-state index in [1.165, 1.54) is 22.9 Å². The standard InChI is InChI=1S/C22H22FN5O2/c23-16-7-9-17(10-8-16)26-11-4-12-27(14-13-26)22(30)19-15-20(21(24)29)28(25-19)18-5-2-1-3-6-18/h1-3,5-10,15H,4,11-14H2,(H2,24,29). The van der Waals surface area contributed by atoms with Crippen molar-refractivity contribution in [2.24, 2.45) is 5.73 Å². The van der Waals surface area contributed by atoms with E-state index >= 15 is 0 Å². The van der Waals surface area contributed by atoms with Gasteiger partial charge in [0, 0.05) is 37.9 Å².